The summed E-state index contributed by atoms with van der Waals surface area (Å²) in [4.78, 5) is 21.2. The fourth-order valence-electron chi connectivity index (χ4n) is 3.68. The largest absolute Gasteiger partial charge is 0.465 e. The minimum atomic E-state index is -3.95. The zero-order valence-corrected chi connectivity index (χ0v) is 20.0. The summed E-state index contributed by atoms with van der Waals surface area (Å²) in [5.41, 5.74) is 2.67. The Bertz CT molecular complexity index is 1200. The fraction of sp³-hybridized carbons (Fsp3) is 0.375. The van der Waals surface area contributed by atoms with Gasteiger partial charge in [0.15, 0.2) is 0 Å². The minimum absolute atomic E-state index is 0.00927. The molecule has 3 rings (SSSR count). The lowest BCUT2D eigenvalue weighted by atomic mass is 10.0. The maximum atomic E-state index is 13.5. The number of carbonyl (C=O) groups excluding carboxylic acids is 1. The van der Waals surface area contributed by atoms with Crippen LogP contribution in [0.5, 0.6) is 0 Å². The summed E-state index contributed by atoms with van der Waals surface area (Å²) in [6, 6.07) is 7.65. The first kappa shape index (κ1) is 24.6. The predicted molar refractivity (Wildman–Crippen MR) is 127 cm³/mol. The number of benzene rings is 1. The summed E-state index contributed by atoms with van der Waals surface area (Å²) in [5, 5.41) is 0. The van der Waals surface area contributed by atoms with Gasteiger partial charge in [-0.25, -0.2) is 13.4 Å². The molecule has 0 aliphatic heterocycles. The Hall–Kier alpha value is -3.04. The molecule has 0 fully saturated rings. The lowest BCUT2D eigenvalue weighted by Gasteiger charge is -2.29. The molecule has 3 aromatic rings. The van der Waals surface area contributed by atoms with Gasteiger partial charge in [0.25, 0.3) is 0 Å². The van der Waals surface area contributed by atoms with Crippen LogP contribution in [-0.4, -0.2) is 52.4 Å². The van der Waals surface area contributed by atoms with Gasteiger partial charge in [0.05, 0.1) is 29.5 Å². The third-order valence-corrected chi connectivity index (χ3v) is 7.11. The molecule has 0 aliphatic rings. The quantitative estimate of drug-likeness (QED) is 0.314. The molecule has 2 aromatic heterocycles. The van der Waals surface area contributed by atoms with Gasteiger partial charge in [-0.3, -0.25) is 9.78 Å². The monoisotopic (exact) mass is 470 g/mol. The van der Waals surface area contributed by atoms with Crippen molar-refractivity contribution in [3.63, 3.8) is 0 Å². The molecular formula is C24H30N4O4S. The lowest BCUT2D eigenvalue weighted by molar-refractivity contribution is -0.148. The smallest absolute Gasteiger partial charge is 0.324 e. The lowest BCUT2D eigenvalue weighted by Crippen LogP contribution is -2.46. The van der Waals surface area contributed by atoms with Crippen molar-refractivity contribution < 1.29 is 17.9 Å². The number of aromatic nitrogens is 3. The first-order valence-corrected chi connectivity index (χ1v) is 12.3. The van der Waals surface area contributed by atoms with Gasteiger partial charge in [-0.2, -0.15) is 4.31 Å². The topological polar surface area (TPSA) is 94.4 Å². The predicted octanol–water partition coefficient (Wildman–Crippen LogP) is 3.63. The zero-order chi connectivity index (χ0) is 24.0. The third kappa shape index (κ3) is 5.66. The fourth-order valence-corrected chi connectivity index (χ4v) is 5.24. The number of esters is 1. The van der Waals surface area contributed by atoms with Gasteiger partial charge in [0.1, 0.15) is 11.6 Å². The standard InChI is InChI=1S/C24H30N4O4S/c1-5-13-28(23(14-18(3)4)24(29)32-6-2)33(30,31)20-9-7-19(8-10-20)16-27-17-26-21-15-25-12-11-22(21)27/h5,7-12,15,17-18,23H,1,6,13-14,16H2,2-4H3/t23-/m0/s1. The Balaban J connectivity index is 1.88. The maximum absolute atomic E-state index is 13.5. The second-order valence-corrected chi connectivity index (χ2v) is 10.0. The molecule has 0 radical (unpaired) electrons. The van der Waals surface area contributed by atoms with Crippen molar-refractivity contribution in [2.75, 3.05) is 13.2 Å². The van der Waals surface area contributed by atoms with Crippen LogP contribution in [0.2, 0.25) is 0 Å². The summed E-state index contributed by atoms with van der Waals surface area (Å²) in [7, 11) is -3.95. The number of nitrogens with zero attached hydrogens (tertiary/aromatic N) is 4. The molecular weight excluding hydrogens is 440 g/mol. The van der Waals surface area contributed by atoms with Crippen molar-refractivity contribution in [1.29, 1.82) is 0 Å². The van der Waals surface area contributed by atoms with Gasteiger partial charge in [-0.1, -0.05) is 32.1 Å². The van der Waals surface area contributed by atoms with E-state index >= 15 is 0 Å². The molecule has 0 bridgehead atoms. The average Bonchev–Trinajstić information content (AvgIpc) is 3.19. The van der Waals surface area contributed by atoms with E-state index in [2.05, 4.69) is 16.5 Å². The molecule has 0 amide bonds. The van der Waals surface area contributed by atoms with E-state index in [0.29, 0.717) is 13.0 Å². The number of pyridine rings is 1. The Morgan fingerprint density at radius 2 is 1.97 bits per heavy atom. The Morgan fingerprint density at radius 3 is 2.61 bits per heavy atom. The number of sulfonamides is 1. The summed E-state index contributed by atoms with van der Waals surface area (Å²) in [6.45, 7) is 10.00. The molecule has 1 aromatic carbocycles. The van der Waals surface area contributed by atoms with Crippen LogP contribution in [-0.2, 0) is 26.1 Å². The van der Waals surface area contributed by atoms with Gasteiger partial charge < -0.3 is 9.30 Å². The number of hydrogen-bond donors (Lipinski definition) is 0. The summed E-state index contributed by atoms with van der Waals surface area (Å²) in [5.74, 6) is -0.445. The van der Waals surface area contributed by atoms with E-state index < -0.39 is 22.0 Å². The van der Waals surface area contributed by atoms with E-state index in [0.717, 1.165) is 16.6 Å². The highest BCUT2D eigenvalue weighted by molar-refractivity contribution is 7.89. The maximum Gasteiger partial charge on any atom is 0.324 e. The SMILES string of the molecule is C=CCN([C@@H](CC(C)C)C(=O)OCC)S(=O)(=O)c1ccc(Cn2cnc3cnccc32)cc1. The highest BCUT2D eigenvalue weighted by Crippen LogP contribution is 2.24. The van der Waals surface area contributed by atoms with Crippen molar-refractivity contribution >= 4 is 27.0 Å². The molecule has 0 saturated heterocycles. The summed E-state index contributed by atoms with van der Waals surface area (Å²) < 4.78 is 35.4. The van der Waals surface area contributed by atoms with Crippen LogP contribution in [0.3, 0.4) is 0 Å². The van der Waals surface area contributed by atoms with Gasteiger partial charge in [0, 0.05) is 19.3 Å². The van der Waals surface area contributed by atoms with E-state index in [1.54, 1.807) is 49.9 Å². The molecule has 33 heavy (non-hydrogen) atoms. The van der Waals surface area contributed by atoms with Crippen molar-refractivity contribution in [1.82, 2.24) is 18.8 Å². The molecule has 0 saturated carbocycles. The highest BCUT2D eigenvalue weighted by Gasteiger charge is 2.36. The Kier molecular flexibility index (Phi) is 7.99. The van der Waals surface area contributed by atoms with E-state index in [-0.39, 0.29) is 24.0 Å². The summed E-state index contributed by atoms with van der Waals surface area (Å²) in [6.07, 6.45) is 6.98. The van der Waals surface area contributed by atoms with Crippen LogP contribution in [0.4, 0.5) is 0 Å². The number of carbonyl (C=O) groups is 1. The van der Waals surface area contributed by atoms with Gasteiger partial charge in [-0.15, -0.1) is 6.58 Å². The second kappa shape index (κ2) is 10.7. The molecule has 0 aliphatic carbocycles. The Labute approximate surface area is 195 Å². The number of ether oxygens (including phenoxy) is 1. The molecule has 8 nitrogen and oxygen atoms in total. The van der Waals surface area contributed by atoms with Gasteiger partial charge >= 0.3 is 5.97 Å². The van der Waals surface area contributed by atoms with Crippen LogP contribution < -0.4 is 0 Å². The number of fused-ring (bicyclic) bond motifs is 1. The summed E-state index contributed by atoms with van der Waals surface area (Å²) >= 11 is 0. The normalized spacial score (nSPS) is 12.9. The van der Waals surface area contributed by atoms with E-state index in [1.165, 1.54) is 10.4 Å². The van der Waals surface area contributed by atoms with E-state index in [9.17, 15) is 13.2 Å². The van der Waals surface area contributed by atoms with Crippen LogP contribution in [0.15, 0.2) is 66.6 Å². The van der Waals surface area contributed by atoms with Crippen LogP contribution in [0, 0.1) is 5.92 Å². The molecule has 9 heteroatoms. The van der Waals surface area contributed by atoms with Crippen LogP contribution >= 0.6 is 0 Å². The molecule has 0 unspecified atom stereocenters. The molecule has 2 heterocycles. The molecule has 0 spiro atoms. The first-order chi connectivity index (χ1) is 15.8. The van der Waals surface area contributed by atoms with Crippen molar-refractivity contribution in [3.8, 4) is 0 Å². The van der Waals surface area contributed by atoms with Crippen LogP contribution in [0.25, 0.3) is 11.0 Å². The van der Waals surface area contributed by atoms with Crippen molar-refractivity contribution in [2.24, 2.45) is 5.92 Å². The molecule has 176 valence electrons. The Morgan fingerprint density at radius 1 is 1.24 bits per heavy atom. The zero-order valence-electron chi connectivity index (χ0n) is 19.2. The second-order valence-electron chi connectivity index (χ2n) is 8.14. The van der Waals surface area contributed by atoms with E-state index in [4.69, 9.17) is 4.74 Å². The number of hydrogen-bond acceptors (Lipinski definition) is 6. The first-order valence-electron chi connectivity index (χ1n) is 10.9. The number of imidazole rings is 1. The van der Waals surface area contributed by atoms with Gasteiger partial charge in [0.2, 0.25) is 10.0 Å². The highest BCUT2D eigenvalue weighted by atomic mass is 32.2. The minimum Gasteiger partial charge on any atom is -0.465 e. The average molecular weight is 471 g/mol. The van der Waals surface area contributed by atoms with Gasteiger partial charge in [-0.05, 0) is 43.0 Å². The van der Waals surface area contributed by atoms with Crippen LogP contribution in [0.1, 0.15) is 32.8 Å². The molecule has 1 atom stereocenters. The van der Waals surface area contributed by atoms with Crippen molar-refractivity contribution in [2.45, 2.75) is 44.7 Å². The molecule has 0 N–H and O–H groups in total. The third-order valence-electron chi connectivity index (χ3n) is 5.22. The number of rotatable bonds is 11. The van der Waals surface area contributed by atoms with E-state index in [1.807, 2.05) is 24.5 Å². The van der Waals surface area contributed by atoms with Crippen molar-refractivity contribution in [3.05, 3.63) is 67.3 Å².